The van der Waals surface area contributed by atoms with Gasteiger partial charge in [0.15, 0.2) is 12.3 Å². The maximum atomic E-state index is 12.7. The summed E-state index contributed by atoms with van der Waals surface area (Å²) in [5, 5.41) is 0. The Morgan fingerprint density at radius 1 is 0.739 bits per heavy atom. The molecular weight excluding hydrogens is 308 g/mol. The average Bonchev–Trinajstić information content (AvgIpc) is 2.94. The molecule has 2 saturated heterocycles. The zero-order valence-electron chi connectivity index (χ0n) is 13.9. The average molecular weight is 332 g/mol. The maximum absolute atomic E-state index is 12.7. The predicted octanol–water partition coefficient (Wildman–Crippen LogP) is -0.0805. The van der Waals surface area contributed by atoms with Crippen molar-refractivity contribution in [1.29, 1.82) is 0 Å². The van der Waals surface area contributed by atoms with Crippen LogP contribution in [-0.4, -0.2) is 98.9 Å². The van der Waals surface area contributed by atoms with Crippen molar-refractivity contribution in [2.75, 3.05) is 54.9 Å². The van der Waals surface area contributed by atoms with Crippen molar-refractivity contribution in [2.45, 2.75) is 19.3 Å². The van der Waals surface area contributed by atoms with Gasteiger partial charge in [0.2, 0.25) is 0 Å². The lowest BCUT2D eigenvalue weighted by molar-refractivity contribution is -0.0196. The van der Waals surface area contributed by atoms with Crippen LogP contribution < -0.4 is 0 Å². The zero-order valence-corrected chi connectivity index (χ0v) is 13.9. The van der Waals surface area contributed by atoms with E-state index in [4.69, 9.17) is 18.9 Å². The van der Waals surface area contributed by atoms with E-state index in [-0.39, 0.29) is 39.0 Å². The van der Waals surface area contributed by atoms with Gasteiger partial charge in [0.25, 0.3) is 0 Å². The fourth-order valence-electron chi connectivity index (χ4n) is 2.90. The molecule has 10 nitrogen and oxygen atoms in total. The molecule has 4 amide bonds. The first kappa shape index (κ1) is 17.7. The van der Waals surface area contributed by atoms with Gasteiger partial charge in [0, 0.05) is 27.9 Å². The second-order valence-corrected chi connectivity index (χ2v) is 5.15. The monoisotopic (exact) mass is 332 g/mol. The molecule has 0 aromatic carbocycles. The van der Waals surface area contributed by atoms with Crippen LogP contribution in [0.1, 0.15) is 6.92 Å². The summed E-state index contributed by atoms with van der Waals surface area (Å²) < 4.78 is 20.8. The van der Waals surface area contributed by atoms with Crippen LogP contribution in [0.3, 0.4) is 0 Å². The Balaban J connectivity index is 2.34. The highest BCUT2D eigenvalue weighted by molar-refractivity contribution is 5.85. The van der Waals surface area contributed by atoms with Crippen molar-refractivity contribution in [3.63, 3.8) is 0 Å². The number of rotatable bonds is 9. The van der Waals surface area contributed by atoms with Gasteiger partial charge in [0.1, 0.15) is 26.9 Å². The standard InChI is InChI=1S/C13H24N4O6/c1-5-23-9-17-11-10(15(7-21-3)13(17)19)14(6-20-2)12(18)16(11)8-22-4/h10-11H,5-9H2,1-4H3. The third-order valence-electron chi connectivity index (χ3n) is 3.77. The van der Waals surface area contributed by atoms with E-state index in [0.717, 1.165) is 0 Å². The Morgan fingerprint density at radius 3 is 1.39 bits per heavy atom. The Labute approximate surface area is 135 Å². The third kappa shape index (κ3) is 3.07. The molecule has 2 aliphatic rings. The molecule has 23 heavy (non-hydrogen) atoms. The predicted molar refractivity (Wildman–Crippen MR) is 77.8 cm³/mol. The lowest BCUT2D eigenvalue weighted by Crippen LogP contribution is -2.48. The van der Waals surface area contributed by atoms with Gasteiger partial charge in [0.05, 0.1) is 0 Å². The Kier molecular flexibility index (Phi) is 5.99. The normalized spacial score (nSPS) is 24.2. The van der Waals surface area contributed by atoms with Gasteiger partial charge in [-0.05, 0) is 6.92 Å². The molecule has 0 radical (unpaired) electrons. The summed E-state index contributed by atoms with van der Waals surface area (Å²) in [5.41, 5.74) is 0. The first-order chi connectivity index (χ1) is 11.1. The highest BCUT2D eigenvalue weighted by Crippen LogP contribution is 2.34. The minimum atomic E-state index is -0.523. The molecular formula is C13H24N4O6. The lowest BCUT2D eigenvalue weighted by atomic mass is 10.3. The summed E-state index contributed by atoms with van der Waals surface area (Å²) >= 11 is 0. The summed E-state index contributed by atoms with van der Waals surface area (Å²) in [5.74, 6) is 0. The van der Waals surface area contributed by atoms with Gasteiger partial charge in [-0.25, -0.2) is 9.59 Å². The van der Waals surface area contributed by atoms with Crippen LogP contribution in [0.15, 0.2) is 0 Å². The van der Waals surface area contributed by atoms with Crippen LogP contribution in [0, 0.1) is 0 Å². The highest BCUT2D eigenvalue weighted by Gasteiger charge is 2.59. The molecule has 2 fully saturated rings. The van der Waals surface area contributed by atoms with Crippen molar-refractivity contribution < 1.29 is 28.5 Å². The molecule has 0 aromatic rings. The molecule has 2 atom stereocenters. The number of methoxy groups -OCH3 is 3. The van der Waals surface area contributed by atoms with Gasteiger partial charge in [-0.15, -0.1) is 0 Å². The second kappa shape index (κ2) is 7.77. The smallest absolute Gasteiger partial charge is 0.327 e. The van der Waals surface area contributed by atoms with Crippen molar-refractivity contribution in [1.82, 2.24) is 19.6 Å². The topological polar surface area (TPSA) is 84.0 Å². The molecule has 2 rings (SSSR count). The fourth-order valence-corrected chi connectivity index (χ4v) is 2.90. The minimum Gasteiger partial charge on any atom is -0.364 e. The van der Waals surface area contributed by atoms with E-state index < -0.39 is 12.3 Å². The number of carbonyl (C=O) groups excluding carboxylic acids is 2. The molecule has 10 heteroatoms. The van der Waals surface area contributed by atoms with E-state index in [1.807, 2.05) is 6.92 Å². The number of ether oxygens (including phenoxy) is 4. The van der Waals surface area contributed by atoms with Crippen molar-refractivity contribution in [3.8, 4) is 0 Å². The third-order valence-corrected chi connectivity index (χ3v) is 3.77. The molecule has 0 bridgehead atoms. The van der Waals surface area contributed by atoms with Crippen molar-refractivity contribution in [3.05, 3.63) is 0 Å². The van der Waals surface area contributed by atoms with Crippen molar-refractivity contribution in [2.24, 2.45) is 0 Å². The number of amides is 4. The second-order valence-electron chi connectivity index (χ2n) is 5.15. The summed E-state index contributed by atoms with van der Waals surface area (Å²) in [6.07, 6.45) is -1.04. The summed E-state index contributed by atoms with van der Waals surface area (Å²) in [6.45, 7) is 2.59. The molecule has 0 aliphatic carbocycles. The van der Waals surface area contributed by atoms with Crippen LogP contribution in [-0.2, 0) is 18.9 Å². The molecule has 2 heterocycles. The first-order valence-electron chi connectivity index (χ1n) is 7.31. The Hall–Kier alpha value is -1.62. The number of hydrogen-bond donors (Lipinski definition) is 0. The van der Waals surface area contributed by atoms with Crippen molar-refractivity contribution >= 4 is 12.1 Å². The van der Waals surface area contributed by atoms with E-state index in [1.165, 1.54) is 40.9 Å². The number of nitrogens with zero attached hydrogens (tertiary/aromatic N) is 4. The minimum absolute atomic E-state index is 0.0657. The van der Waals surface area contributed by atoms with E-state index in [2.05, 4.69) is 0 Å². The van der Waals surface area contributed by atoms with Gasteiger partial charge in [-0.1, -0.05) is 0 Å². The van der Waals surface area contributed by atoms with Gasteiger partial charge >= 0.3 is 12.1 Å². The fraction of sp³-hybridized carbons (Fsp3) is 0.846. The molecule has 0 saturated carbocycles. The van der Waals surface area contributed by atoms with E-state index >= 15 is 0 Å². The molecule has 0 aromatic heterocycles. The molecule has 2 aliphatic heterocycles. The van der Waals surface area contributed by atoms with Crippen LogP contribution in [0.5, 0.6) is 0 Å². The van der Waals surface area contributed by atoms with Gasteiger partial charge in [-0.2, -0.15) is 0 Å². The van der Waals surface area contributed by atoms with Gasteiger partial charge < -0.3 is 18.9 Å². The molecule has 2 unspecified atom stereocenters. The van der Waals surface area contributed by atoms with E-state index in [0.29, 0.717) is 6.61 Å². The highest BCUT2D eigenvalue weighted by atomic mass is 16.5. The number of hydrogen-bond acceptors (Lipinski definition) is 6. The number of fused-ring (bicyclic) bond motifs is 1. The molecule has 132 valence electrons. The maximum Gasteiger partial charge on any atom is 0.327 e. The quantitative estimate of drug-likeness (QED) is 0.587. The largest absolute Gasteiger partial charge is 0.364 e. The van der Waals surface area contributed by atoms with E-state index in [9.17, 15) is 9.59 Å². The number of urea groups is 2. The summed E-state index contributed by atoms with van der Waals surface area (Å²) in [4.78, 5) is 31.2. The Bertz CT molecular complexity index is 433. The SMILES string of the molecule is CCOCN1C(=O)N(COC)C2C1N(COC)C(=O)N2COC. The van der Waals surface area contributed by atoms with Crippen LogP contribution in [0.2, 0.25) is 0 Å². The zero-order chi connectivity index (χ0) is 17.0. The summed E-state index contributed by atoms with van der Waals surface area (Å²) in [6, 6.07) is -0.524. The van der Waals surface area contributed by atoms with Gasteiger partial charge in [-0.3, -0.25) is 19.6 Å². The Morgan fingerprint density at radius 2 is 1.09 bits per heavy atom. The van der Waals surface area contributed by atoms with E-state index in [1.54, 1.807) is 0 Å². The molecule has 0 N–H and O–H groups in total. The number of carbonyl (C=O) groups is 2. The lowest BCUT2D eigenvalue weighted by Gasteiger charge is -2.28. The molecule has 0 spiro atoms. The summed E-state index contributed by atoms with van der Waals surface area (Å²) in [7, 11) is 4.49. The van der Waals surface area contributed by atoms with Crippen LogP contribution in [0.4, 0.5) is 9.59 Å². The van der Waals surface area contributed by atoms with Crippen LogP contribution in [0.25, 0.3) is 0 Å². The first-order valence-corrected chi connectivity index (χ1v) is 7.31. The van der Waals surface area contributed by atoms with Crippen LogP contribution >= 0.6 is 0 Å².